The van der Waals surface area contributed by atoms with Crippen molar-refractivity contribution in [2.75, 3.05) is 18.6 Å². The first-order valence-electron chi connectivity index (χ1n) is 6.23. The van der Waals surface area contributed by atoms with Gasteiger partial charge < -0.3 is 25.8 Å². The molecule has 4 atom stereocenters. The highest BCUT2D eigenvalue weighted by molar-refractivity contribution is 7.98. The highest BCUT2D eigenvalue weighted by Gasteiger charge is 2.44. The molecule has 3 heterocycles. The second-order valence-electron chi connectivity index (χ2n) is 4.64. The third-order valence-corrected chi connectivity index (χ3v) is 4.06. The van der Waals surface area contributed by atoms with Crippen LogP contribution in [-0.4, -0.2) is 66.0 Å². The van der Waals surface area contributed by atoms with Crippen LogP contribution in [0.15, 0.2) is 11.4 Å². The molecule has 0 aliphatic carbocycles. The minimum absolute atomic E-state index is 0.0837. The smallest absolute Gasteiger partial charge is 0.223 e. The average molecular weight is 313 g/mol. The summed E-state index contributed by atoms with van der Waals surface area (Å²) in [6, 6.07) is 0. The van der Waals surface area contributed by atoms with Crippen LogP contribution in [0.5, 0.6) is 0 Å². The van der Waals surface area contributed by atoms with Gasteiger partial charge in [-0.2, -0.15) is 4.98 Å². The molecule has 0 bridgehead atoms. The van der Waals surface area contributed by atoms with Gasteiger partial charge in [-0.05, 0) is 6.26 Å². The molecular weight excluding hydrogens is 298 g/mol. The van der Waals surface area contributed by atoms with Crippen molar-refractivity contribution in [3.8, 4) is 0 Å². The zero-order valence-corrected chi connectivity index (χ0v) is 11.9. The van der Waals surface area contributed by atoms with E-state index in [1.54, 1.807) is 0 Å². The van der Waals surface area contributed by atoms with Gasteiger partial charge in [0, 0.05) is 0 Å². The van der Waals surface area contributed by atoms with Crippen LogP contribution in [0, 0.1) is 0 Å². The summed E-state index contributed by atoms with van der Waals surface area (Å²) in [5, 5.41) is 29.6. The number of anilines is 1. The summed E-state index contributed by atoms with van der Waals surface area (Å²) in [7, 11) is 0. The standard InChI is InChI=1S/C11H15N5O4S/c1-21-9-5-8(14-11(12)15-9)16(3-13-5)10-7(19)6(18)4(2-17)20-10/h3-4,6-7,10,17-19H,2H2,1H3,(H2,12,14,15)/t4-,6-,7-,10?/m1/s1. The Hall–Kier alpha value is -1.46. The van der Waals surface area contributed by atoms with Crippen LogP contribution >= 0.6 is 11.8 Å². The molecule has 1 saturated heterocycles. The maximum absolute atomic E-state index is 10.1. The lowest BCUT2D eigenvalue weighted by Crippen LogP contribution is -2.33. The Morgan fingerprint density at radius 2 is 2.14 bits per heavy atom. The number of thioether (sulfide) groups is 1. The van der Waals surface area contributed by atoms with E-state index in [0.717, 1.165) is 0 Å². The molecule has 114 valence electrons. The van der Waals surface area contributed by atoms with E-state index in [1.807, 2.05) is 6.26 Å². The largest absolute Gasteiger partial charge is 0.394 e. The van der Waals surface area contributed by atoms with Gasteiger partial charge in [0.15, 0.2) is 11.9 Å². The van der Waals surface area contributed by atoms with Crippen molar-refractivity contribution in [2.45, 2.75) is 29.6 Å². The first-order chi connectivity index (χ1) is 10.1. The summed E-state index contributed by atoms with van der Waals surface area (Å²) < 4.78 is 6.95. The van der Waals surface area contributed by atoms with Crippen LogP contribution in [0.4, 0.5) is 5.95 Å². The Morgan fingerprint density at radius 1 is 1.38 bits per heavy atom. The van der Waals surface area contributed by atoms with Crippen molar-refractivity contribution in [2.24, 2.45) is 0 Å². The van der Waals surface area contributed by atoms with Gasteiger partial charge in [0.05, 0.1) is 12.9 Å². The first-order valence-corrected chi connectivity index (χ1v) is 7.45. The number of aliphatic hydroxyl groups is 3. The highest BCUT2D eigenvalue weighted by Crippen LogP contribution is 2.32. The predicted molar refractivity (Wildman–Crippen MR) is 74.5 cm³/mol. The van der Waals surface area contributed by atoms with Gasteiger partial charge in [-0.1, -0.05) is 0 Å². The fourth-order valence-corrected chi connectivity index (χ4v) is 2.87. The van der Waals surface area contributed by atoms with E-state index in [1.165, 1.54) is 22.7 Å². The molecule has 10 heteroatoms. The Labute approximate surface area is 123 Å². The lowest BCUT2D eigenvalue weighted by Gasteiger charge is -2.16. The Bertz CT molecular complexity index is 665. The molecule has 0 spiro atoms. The molecule has 0 radical (unpaired) electrons. The van der Waals surface area contributed by atoms with E-state index < -0.39 is 31.1 Å². The lowest BCUT2D eigenvalue weighted by molar-refractivity contribution is -0.0511. The molecule has 1 unspecified atom stereocenters. The summed E-state index contributed by atoms with van der Waals surface area (Å²) in [5.74, 6) is 0.0837. The average Bonchev–Trinajstić information content (AvgIpc) is 3.01. The van der Waals surface area contributed by atoms with Crippen molar-refractivity contribution < 1.29 is 20.1 Å². The van der Waals surface area contributed by atoms with Crippen LogP contribution in [0.2, 0.25) is 0 Å². The van der Waals surface area contributed by atoms with Crippen molar-refractivity contribution >= 4 is 28.9 Å². The molecule has 0 amide bonds. The number of rotatable bonds is 3. The van der Waals surface area contributed by atoms with Crippen LogP contribution in [-0.2, 0) is 4.74 Å². The van der Waals surface area contributed by atoms with Crippen LogP contribution < -0.4 is 5.73 Å². The third kappa shape index (κ3) is 2.24. The fraction of sp³-hybridized carbons (Fsp3) is 0.545. The normalized spacial score (nSPS) is 29.3. The van der Waals surface area contributed by atoms with Crippen LogP contribution in [0.3, 0.4) is 0 Å². The molecule has 1 aliphatic heterocycles. The first kappa shape index (κ1) is 14.5. The molecule has 1 fully saturated rings. The fourth-order valence-electron chi connectivity index (χ4n) is 2.35. The number of nitrogens with zero attached hydrogens (tertiary/aromatic N) is 4. The SMILES string of the molecule is CSc1nc(N)nc2c1ncn2C1O[C@H](CO)[C@@H](O)[C@H]1O. The topological polar surface area (TPSA) is 140 Å². The number of imidazole rings is 1. The maximum atomic E-state index is 10.1. The molecule has 0 saturated carbocycles. The number of ether oxygens (including phenoxy) is 1. The lowest BCUT2D eigenvalue weighted by atomic mass is 10.1. The van der Waals surface area contributed by atoms with E-state index in [2.05, 4.69) is 15.0 Å². The molecule has 3 rings (SSSR count). The summed E-state index contributed by atoms with van der Waals surface area (Å²) in [5.41, 5.74) is 6.61. The minimum atomic E-state index is -1.20. The van der Waals surface area contributed by atoms with E-state index in [4.69, 9.17) is 15.6 Å². The van der Waals surface area contributed by atoms with Crippen LogP contribution in [0.1, 0.15) is 6.23 Å². The molecule has 1 aliphatic rings. The molecule has 21 heavy (non-hydrogen) atoms. The predicted octanol–water partition coefficient (Wildman–Crippen LogP) is -1.26. The van der Waals surface area contributed by atoms with Gasteiger partial charge in [0.2, 0.25) is 5.95 Å². The second-order valence-corrected chi connectivity index (χ2v) is 5.44. The van der Waals surface area contributed by atoms with Crippen molar-refractivity contribution in [1.82, 2.24) is 19.5 Å². The zero-order valence-electron chi connectivity index (χ0n) is 11.1. The highest BCUT2D eigenvalue weighted by atomic mass is 32.2. The molecular formula is C11H15N5O4S. The summed E-state index contributed by atoms with van der Waals surface area (Å²) >= 11 is 1.38. The molecule has 0 aromatic carbocycles. The Balaban J connectivity index is 2.07. The second kappa shape index (κ2) is 5.39. The van der Waals surface area contributed by atoms with Gasteiger partial charge in [0.25, 0.3) is 0 Å². The number of fused-ring (bicyclic) bond motifs is 1. The number of hydrogen-bond acceptors (Lipinski definition) is 9. The van der Waals surface area contributed by atoms with E-state index >= 15 is 0 Å². The van der Waals surface area contributed by atoms with E-state index in [9.17, 15) is 10.2 Å². The van der Waals surface area contributed by atoms with Gasteiger partial charge in [0.1, 0.15) is 28.9 Å². The van der Waals surface area contributed by atoms with Crippen LogP contribution in [0.25, 0.3) is 11.2 Å². The molecule has 2 aromatic heterocycles. The number of aromatic nitrogens is 4. The Morgan fingerprint density at radius 3 is 2.76 bits per heavy atom. The summed E-state index contributed by atoms with van der Waals surface area (Å²) in [6.07, 6.45) is -0.858. The summed E-state index contributed by atoms with van der Waals surface area (Å²) in [4.78, 5) is 12.4. The van der Waals surface area contributed by atoms with Crippen molar-refractivity contribution in [3.05, 3.63) is 6.33 Å². The maximum Gasteiger partial charge on any atom is 0.223 e. The number of hydrogen-bond donors (Lipinski definition) is 4. The van der Waals surface area contributed by atoms with Gasteiger partial charge in [-0.15, -0.1) is 11.8 Å². The van der Waals surface area contributed by atoms with Crippen molar-refractivity contribution in [1.29, 1.82) is 0 Å². The number of nitrogen functional groups attached to an aromatic ring is 1. The summed E-state index contributed by atoms with van der Waals surface area (Å²) in [6.45, 7) is -0.394. The monoisotopic (exact) mass is 313 g/mol. The Kier molecular flexibility index (Phi) is 3.71. The third-order valence-electron chi connectivity index (χ3n) is 3.39. The number of aliphatic hydroxyl groups excluding tert-OH is 3. The zero-order chi connectivity index (χ0) is 15.1. The molecule has 2 aromatic rings. The quantitative estimate of drug-likeness (QED) is 0.404. The molecule has 5 N–H and O–H groups in total. The van der Waals surface area contributed by atoms with Gasteiger partial charge >= 0.3 is 0 Å². The minimum Gasteiger partial charge on any atom is -0.394 e. The van der Waals surface area contributed by atoms with E-state index in [-0.39, 0.29) is 5.95 Å². The molecule has 9 nitrogen and oxygen atoms in total. The number of nitrogens with two attached hydrogens (primary N) is 1. The van der Waals surface area contributed by atoms with Crippen molar-refractivity contribution in [3.63, 3.8) is 0 Å². The van der Waals surface area contributed by atoms with E-state index in [0.29, 0.717) is 16.2 Å². The van der Waals surface area contributed by atoms with Gasteiger partial charge in [-0.3, -0.25) is 4.57 Å². The van der Waals surface area contributed by atoms with Gasteiger partial charge in [-0.25, -0.2) is 9.97 Å².